The van der Waals surface area contributed by atoms with E-state index in [0.717, 1.165) is 17.7 Å². The zero-order valence-electron chi connectivity index (χ0n) is 22.1. The Hall–Kier alpha value is -4.43. The van der Waals surface area contributed by atoms with Gasteiger partial charge in [0.05, 0.1) is 43.5 Å². The number of aliphatic hydroxyl groups excluding tert-OH is 1. The molecule has 2 aliphatic heterocycles. The lowest BCUT2D eigenvalue weighted by Gasteiger charge is -2.34. The fourth-order valence-electron chi connectivity index (χ4n) is 6.33. The molecule has 3 unspecified atom stereocenters. The Morgan fingerprint density at radius 2 is 2.08 bits per heavy atom. The van der Waals surface area contributed by atoms with Crippen LogP contribution in [0.15, 0.2) is 70.8 Å². The van der Waals surface area contributed by atoms with E-state index < -0.39 is 6.10 Å². The van der Waals surface area contributed by atoms with Crippen LogP contribution < -0.4 is 14.8 Å². The summed E-state index contributed by atoms with van der Waals surface area (Å²) in [5.74, 6) is 0.680. The maximum Gasteiger partial charge on any atom is 0.256 e. The Morgan fingerprint density at radius 1 is 1.18 bits per heavy atom. The van der Waals surface area contributed by atoms with Crippen LogP contribution in [0.3, 0.4) is 0 Å². The maximum absolute atomic E-state index is 13.1. The summed E-state index contributed by atoms with van der Waals surface area (Å²) >= 11 is 0. The number of amides is 2. The summed E-state index contributed by atoms with van der Waals surface area (Å²) in [6.07, 6.45) is 15.6. The molecule has 0 radical (unpaired) electrons. The fraction of sp³-hybridized carbons (Fsp3) is 0.281. The number of allylic oxidation sites excluding steroid dienone is 7. The largest absolute Gasteiger partial charge is 0.493 e. The third-order valence-corrected chi connectivity index (χ3v) is 8.25. The number of nitrogens with zero attached hydrogens (tertiary/aromatic N) is 2. The number of fused-ring (bicyclic) bond motifs is 2. The van der Waals surface area contributed by atoms with Crippen LogP contribution in [0.25, 0.3) is 6.08 Å². The van der Waals surface area contributed by atoms with E-state index in [1.54, 1.807) is 23.2 Å². The predicted octanol–water partition coefficient (Wildman–Crippen LogP) is 4.48. The fourth-order valence-corrected chi connectivity index (χ4v) is 6.33. The Kier molecular flexibility index (Phi) is 5.93. The van der Waals surface area contributed by atoms with Gasteiger partial charge in [-0.1, -0.05) is 42.5 Å². The highest BCUT2D eigenvalue weighted by atomic mass is 16.5. The topological polar surface area (TPSA) is 100 Å². The van der Waals surface area contributed by atoms with Gasteiger partial charge in [-0.15, -0.1) is 0 Å². The third kappa shape index (κ3) is 4.07. The van der Waals surface area contributed by atoms with Crippen molar-refractivity contribution in [2.45, 2.75) is 37.3 Å². The molecule has 0 aromatic heterocycles. The van der Waals surface area contributed by atoms with Gasteiger partial charge in [-0.25, -0.2) is 0 Å². The second kappa shape index (κ2) is 9.64. The van der Waals surface area contributed by atoms with Gasteiger partial charge in [-0.2, -0.15) is 0 Å². The van der Waals surface area contributed by atoms with Crippen LogP contribution in [0.5, 0.6) is 11.5 Å². The van der Waals surface area contributed by atoms with Gasteiger partial charge in [0.15, 0.2) is 11.5 Å². The van der Waals surface area contributed by atoms with Crippen molar-refractivity contribution in [3.8, 4) is 11.5 Å². The summed E-state index contributed by atoms with van der Waals surface area (Å²) in [6.45, 7) is 0.405. The molecule has 3 aliphatic carbocycles. The molecule has 2 amide bonds. The predicted molar refractivity (Wildman–Crippen MR) is 153 cm³/mol. The van der Waals surface area contributed by atoms with E-state index in [1.807, 2.05) is 6.07 Å². The summed E-state index contributed by atoms with van der Waals surface area (Å²) < 4.78 is 11.5. The number of hydrogen-bond donors (Lipinski definition) is 2. The monoisotopic (exact) mass is 535 g/mol. The summed E-state index contributed by atoms with van der Waals surface area (Å²) in [5.41, 5.74) is 7.91. The number of rotatable bonds is 6. The number of aliphatic hydroxyl groups is 1. The highest BCUT2D eigenvalue weighted by Gasteiger charge is 2.37. The number of methoxy groups -OCH3 is 1. The molecule has 0 bridgehead atoms. The van der Waals surface area contributed by atoms with E-state index in [9.17, 15) is 14.7 Å². The molecule has 7 rings (SSSR count). The zero-order chi connectivity index (χ0) is 27.4. The standard InChI is InChI=1S/C32H29N3O5/c1-39-27-14-24-26(33-16-21-13-22(36)17-35(21)32(24)38)15-28(27)40-12-11-29(37)34-25-10-8-20-6-5-18-3-2-4-19-7-9-23(25)31(20)30(18)19/h2-5,7-10,14-16,21-22,30,36H,6,11-13,17H2,1H3,(H,34,37). The van der Waals surface area contributed by atoms with Crippen molar-refractivity contribution < 1.29 is 24.2 Å². The summed E-state index contributed by atoms with van der Waals surface area (Å²) in [6, 6.07) is 7.15. The van der Waals surface area contributed by atoms with Gasteiger partial charge in [0, 0.05) is 42.4 Å². The number of ether oxygens (including phenoxy) is 2. The van der Waals surface area contributed by atoms with Crippen molar-refractivity contribution in [1.29, 1.82) is 0 Å². The lowest BCUT2D eigenvalue weighted by Crippen LogP contribution is -2.35. The van der Waals surface area contributed by atoms with Gasteiger partial charge in [-0.05, 0) is 40.8 Å². The number of carbonyl (C=O) groups is 2. The number of hydrogen-bond acceptors (Lipinski definition) is 6. The normalized spacial score (nSPS) is 23.0. The second-order valence-corrected chi connectivity index (χ2v) is 10.7. The van der Waals surface area contributed by atoms with Gasteiger partial charge in [0.1, 0.15) is 0 Å². The Bertz CT molecular complexity index is 1600. The third-order valence-electron chi connectivity index (χ3n) is 8.25. The van der Waals surface area contributed by atoms with Crippen LogP contribution in [-0.4, -0.2) is 60.4 Å². The summed E-state index contributed by atoms with van der Waals surface area (Å²) in [5, 5.41) is 13.1. The van der Waals surface area contributed by atoms with Crippen LogP contribution in [-0.2, 0) is 11.2 Å². The molecule has 0 spiro atoms. The minimum Gasteiger partial charge on any atom is -0.493 e. The van der Waals surface area contributed by atoms with Crippen molar-refractivity contribution in [2.75, 3.05) is 25.6 Å². The Morgan fingerprint density at radius 3 is 2.95 bits per heavy atom. The smallest absolute Gasteiger partial charge is 0.256 e. The molecule has 1 fully saturated rings. The highest BCUT2D eigenvalue weighted by Crippen LogP contribution is 2.47. The van der Waals surface area contributed by atoms with E-state index in [4.69, 9.17) is 9.47 Å². The molecule has 5 aliphatic rings. The number of carbonyl (C=O) groups excluding carboxylic acids is 2. The average Bonchev–Trinajstić information content (AvgIpc) is 3.30. The first-order valence-electron chi connectivity index (χ1n) is 13.6. The molecule has 0 saturated carbocycles. The molecule has 2 N–H and O–H groups in total. The molecule has 2 heterocycles. The maximum atomic E-state index is 13.1. The van der Waals surface area contributed by atoms with Crippen LogP contribution in [0, 0.1) is 0 Å². The number of anilines is 1. The Labute approximate surface area is 232 Å². The van der Waals surface area contributed by atoms with Gasteiger partial charge >= 0.3 is 0 Å². The summed E-state index contributed by atoms with van der Waals surface area (Å²) in [4.78, 5) is 32.2. The first kappa shape index (κ1) is 24.6. The number of nitrogens with one attached hydrogen (secondary N) is 1. The average molecular weight is 536 g/mol. The lowest BCUT2D eigenvalue weighted by atomic mass is 9.71. The van der Waals surface area contributed by atoms with Gasteiger partial charge in [0.25, 0.3) is 5.91 Å². The zero-order valence-corrected chi connectivity index (χ0v) is 22.1. The number of benzene rings is 2. The van der Waals surface area contributed by atoms with Gasteiger partial charge in [0.2, 0.25) is 5.91 Å². The molecule has 2 aromatic carbocycles. The van der Waals surface area contributed by atoms with E-state index in [0.29, 0.717) is 29.2 Å². The second-order valence-electron chi connectivity index (χ2n) is 10.7. The van der Waals surface area contributed by atoms with Crippen molar-refractivity contribution in [3.63, 3.8) is 0 Å². The van der Waals surface area contributed by atoms with Crippen LogP contribution in [0.2, 0.25) is 0 Å². The van der Waals surface area contributed by atoms with Crippen LogP contribution in [0.1, 0.15) is 45.8 Å². The molecule has 3 atom stereocenters. The van der Waals surface area contributed by atoms with E-state index in [-0.39, 0.29) is 43.3 Å². The van der Waals surface area contributed by atoms with Crippen molar-refractivity contribution in [2.24, 2.45) is 4.99 Å². The molecule has 40 heavy (non-hydrogen) atoms. The van der Waals surface area contributed by atoms with E-state index in [1.165, 1.54) is 29.4 Å². The quantitative estimate of drug-likeness (QED) is 0.568. The SMILES string of the molecule is COc1cc2c(cc1OCCC(=O)Nc1ccc3c4c1C=CC1=CC=CC(=CC3)C14)N=CC1CC(O)CN1C2=O. The molecular formula is C32H29N3O5. The van der Waals surface area contributed by atoms with Crippen molar-refractivity contribution in [1.82, 2.24) is 4.90 Å². The Balaban J connectivity index is 1.05. The van der Waals surface area contributed by atoms with Crippen molar-refractivity contribution in [3.05, 3.63) is 88.0 Å². The molecule has 202 valence electrons. The number of aliphatic imine (C=N–C) groups is 1. The van der Waals surface area contributed by atoms with Gasteiger partial charge in [-0.3, -0.25) is 14.6 Å². The molecule has 8 heteroatoms. The molecule has 2 aromatic rings. The minimum absolute atomic E-state index is 0.128. The van der Waals surface area contributed by atoms with Crippen LogP contribution in [0.4, 0.5) is 11.4 Å². The lowest BCUT2D eigenvalue weighted by molar-refractivity contribution is -0.116. The van der Waals surface area contributed by atoms with E-state index >= 15 is 0 Å². The molecule has 8 nitrogen and oxygen atoms in total. The van der Waals surface area contributed by atoms with E-state index in [2.05, 4.69) is 52.8 Å². The van der Waals surface area contributed by atoms with Crippen molar-refractivity contribution >= 4 is 35.5 Å². The molecular weight excluding hydrogens is 506 g/mol. The van der Waals surface area contributed by atoms with Crippen LogP contribution >= 0.6 is 0 Å². The van der Waals surface area contributed by atoms with Gasteiger partial charge < -0.3 is 24.8 Å². The summed E-state index contributed by atoms with van der Waals surface area (Å²) in [7, 11) is 1.51. The first-order chi connectivity index (χ1) is 19.5. The highest BCUT2D eigenvalue weighted by molar-refractivity contribution is 6.03. The minimum atomic E-state index is -0.554. The first-order valence-corrected chi connectivity index (χ1v) is 13.6. The molecule has 1 saturated heterocycles.